The molecule has 16 nitrogen and oxygen atoms in total. The highest BCUT2D eigenvalue weighted by Crippen LogP contribution is 2.27. The molecule has 1 amide bonds. The molecule has 2 aliphatic rings. The number of nitrogens with zero attached hydrogens (tertiary/aromatic N) is 5. The van der Waals surface area contributed by atoms with Crippen LogP contribution in [0.5, 0.6) is 11.5 Å². The van der Waals surface area contributed by atoms with Gasteiger partial charge in [0, 0.05) is 37.6 Å². The quantitative estimate of drug-likeness (QED) is 0.125. The molecule has 2 aromatic carbocycles. The minimum absolute atomic E-state index is 0.0191. The number of carbonyl (C=O) groups excluding carboxylic acids is 3. The van der Waals surface area contributed by atoms with Crippen LogP contribution in [0.2, 0.25) is 0 Å². The smallest absolute Gasteiger partial charge is 0.409 e. The van der Waals surface area contributed by atoms with Crippen LogP contribution in [0.3, 0.4) is 0 Å². The highest BCUT2D eigenvalue weighted by molar-refractivity contribution is 6.13. The molecule has 4 aromatic rings. The SMILES string of the molecule is CCCOC(=O)N1CCC(Nc2ncc(C(=O)c3cc(F)ccc3OC)c(N)n2)CC1.COc1ccc(F)cc1C(=O)c1cnc(NC2CCNCC2)nc1N. The van der Waals surface area contributed by atoms with Gasteiger partial charge in [-0.1, -0.05) is 6.92 Å². The molecule has 7 N–H and O–H groups in total. The fourth-order valence-corrected chi connectivity index (χ4v) is 6.10. The molecule has 0 spiro atoms. The number of aromatic nitrogens is 4. The summed E-state index contributed by atoms with van der Waals surface area (Å²) in [6.07, 6.45) is 6.49. The lowest BCUT2D eigenvalue weighted by atomic mass is 10.0. The van der Waals surface area contributed by atoms with Crippen LogP contribution in [-0.2, 0) is 4.74 Å². The summed E-state index contributed by atoms with van der Waals surface area (Å²) in [6.45, 7) is 5.35. The van der Waals surface area contributed by atoms with Crippen LogP contribution in [0, 0.1) is 11.6 Å². The molecule has 2 aromatic heterocycles. The molecule has 2 saturated heterocycles. The minimum Gasteiger partial charge on any atom is -0.496 e. The van der Waals surface area contributed by atoms with Gasteiger partial charge in [-0.05, 0) is 81.6 Å². The van der Waals surface area contributed by atoms with Gasteiger partial charge in [0.1, 0.15) is 34.8 Å². The van der Waals surface area contributed by atoms with Crippen LogP contribution in [0.4, 0.5) is 37.1 Å². The third-order valence-electron chi connectivity index (χ3n) is 9.13. The van der Waals surface area contributed by atoms with Crippen molar-refractivity contribution < 1.29 is 37.4 Å². The fourth-order valence-electron chi connectivity index (χ4n) is 6.10. The number of hydrogen-bond acceptors (Lipinski definition) is 15. The molecule has 2 fully saturated rings. The average Bonchev–Trinajstić information content (AvgIpc) is 3.20. The largest absolute Gasteiger partial charge is 0.496 e. The Morgan fingerprint density at radius 3 is 1.66 bits per heavy atom. The van der Waals surface area contributed by atoms with E-state index in [0.717, 1.165) is 44.5 Å². The second-order valence-corrected chi connectivity index (χ2v) is 13.0. The van der Waals surface area contributed by atoms with Crippen molar-refractivity contribution in [3.8, 4) is 11.5 Å². The number of amides is 1. The second-order valence-electron chi connectivity index (χ2n) is 13.0. The molecule has 0 bridgehead atoms. The van der Waals surface area contributed by atoms with Crippen LogP contribution >= 0.6 is 0 Å². The van der Waals surface area contributed by atoms with Crippen LogP contribution in [0.15, 0.2) is 48.8 Å². The number of ketones is 2. The Kier molecular flexibility index (Phi) is 14.2. The number of carbonyl (C=O) groups is 3. The van der Waals surface area contributed by atoms with Gasteiger partial charge in [-0.25, -0.2) is 23.5 Å². The second kappa shape index (κ2) is 19.4. The Morgan fingerprint density at radius 1 is 0.768 bits per heavy atom. The summed E-state index contributed by atoms with van der Waals surface area (Å²) in [5.41, 5.74) is 12.2. The van der Waals surface area contributed by atoms with Crippen molar-refractivity contribution in [2.75, 3.05) is 69.1 Å². The van der Waals surface area contributed by atoms with E-state index in [2.05, 4.69) is 35.9 Å². The molecule has 0 saturated carbocycles. The predicted octanol–water partition coefficient (Wildman–Crippen LogP) is 4.46. The van der Waals surface area contributed by atoms with Crippen molar-refractivity contribution in [1.82, 2.24) is 30.2 Å². The first kappa shape index (κ1) is 41.0. The number of benzene rings is 2. The number of nitrogens with one attached hydrogen (secondary N) is 3. The van der Waals surface area contributed by atoms with Gasteiger partial charge in [-0.2, -0.15) is 9.97 Å². The number of anilines is 4. The molecule has 56 heavy (non-hydrogen) atoms. The van der Waals surface area contributed by atoms with E-state index >= 15 is 0 Å². The highest BCUT2D eigenvalue weighted by Gasteiger charge is 2.26. The summed E-state index contributed by atoms with van der Waals surface area (Å²) < 4.78 is 42.5. The third-order valence-corrected chi connectivity index (χ3v) is 9.13. The van der Waals surface area contributed by atoms with Gasteiger partial charge in [-0.15, -0.1) is 0 Å². The van der Waals surface area contributed by atoms with Crippen molar-refractivity contribution in [3.63, 3.8) is 0 Å². The van der Waals surface area contributed by atoms with Crippen molar-refractivity contribution in [1.29, 1.82) is 0 Å². The van der Waals surface area contributed by atoms with Crippen molar-refractivity contribution in [2.24, 2.45) is 0 Å². The van der Waals surface area contributed by atoms with Gasteiger partial charge in [0.25, 0.3) is 0 Å². The molecule has 298 valence electrons. The Labute approximate surface area is 322 Å². The summed E-state index contributed by atoms with van der Waals surface area (Å²) in [6, 6.07) is 7.73. The number of methoxy groups -OCH3 is 2. The minimum atomic E-state index is -0.563. The van der Waals surface area contributed by atoms with Gasteiger partial charge in [0.2, 0.25) is 23.5 Å². The van der Waals surface area contributed by atoms with Gasteiger partial charge in [0.05, 0.1) is 43.1 Å². The van der Waals surface area contributed by atoms with E-state index in [1.165, 1.54) is 50.9 Å². The lowest BCUT2D eigenvalue weighted by Gasteiger charge is -2.31. The third kappa shape index (κ3) is 10.5. The van der Waals surface area contributed by atoms with Crippen LogP contribution in [0.25, 0.3) is 0 Å². The normalized spacial score (nSPS) is 14.6. The van der Waals surface area contributed by atoms with Crippen molar-refractivity contribution >= 4 is 41.2 Å². The zero-order chi connectivity index (χ0) is 40.2. The van der Waals surface area contributed by atoms with Crippen LogP contribution in [-0.4, -0.2) is 102 Å². The van der Waals surface area contributed by atoms with E-state index < -0.39 is 23.2 Å². The number of piperidine rings is 2. The monoisotopic (exact) mass is 776 g/mol. The maximum Gasteiger partial charge on any atom is 0.409 e. The van der Waals surface area contributed by atoms with E-state index in [9.17, 15) is 23.2 Å². The van der Waals surface area contributed by atoms with E-state index in [0.29, 0.717) is 38.5 Å². The summed E-state index contributed by atoms with van der Waals surface area (Å²) in [5.74, 6) is -0.919. The van der Waals surface area contributed by atoms with Crippen LogP contribution in [0.1, 0.15) is 70.9 Å². The van der Waals surface area contributed by atoms with E-state index in [-0.39, 0.29) is 69.5 Å². The average molecular weight is 777 g/mol. The zero-order valence-corrected chi connectivity index (χ0v) is 31.4. The molecule has 6 rings (SSSR count). The number of halogens is 2. The number of hydrogen-bond donors (Lipinski definition) is 5. The number of ether oxygens (including phenoxy) is 3. The first-order valence-electron chi connectivity index (χ1n) is 18.2. The Bertz CT molecular complexity index is 2010. The highest BCUT2D eigenvalue weighted by atomic mass is 19.1. The number of nitrogens with two attached hydrogens (primary N) is 2. The van der Waals surface area contributed by atoms with Crippen molar-refractivity contribution in [2.45, 2.75) is 51.1 Å². The van der Waals surface area contributed by atoms with Gasteiger partial charge in [0.15, 0.2) is 0 Å². The van der Waals surface area contributed by atoms with Crippen molar-refractivity contribution in [3.05, 3.63) is 82.7 Å². The standard InChI is InChI=1S/C21H26FN5O4.C17H20FN5O2/c1-3-10-31-21(29)27-8-6-14(7-9-27)25-20-24-12-16(19(23)26-20)18(28)15-11-13(22)4-5-17(15)30-2;1-25-14-3-2-10(18)8-12(14)15(24)13-9-21-17(23-16(13)19)22-11-4-6-20-7-5-11/h4-5,11-12,14H,3,6-10H2,1-2H3,(H3,23,24,25,26);2-3,8-9,11,20H,4-7H2,1H3,(H3,19,21,22,23). The maximum atomic E-state index is 13.6. The fraction of sp³-hybridized carbons (Fsp3) is 0.395. The number of nitrogen functional groups attached to an aromatic ring is 2. The molecule has 0 radical (unpaired) electrons. The molecule has 0 atom stereocenters. The van der Waals surface area contributed by atoms with E-state index in [1.807, 2.05) is 6.92 Å². The van der Waals surface area contributed by atoms with E-state index in [4.69, 9.17) is 25.7 Å². The van der Waals surface area contributed by atoms with Gasteiger partial charge < -0.3 is 46.5 Å². The summed E-state index contributed by atoms with van der Waals surface area (Å²) in [4.78, 5) is 55.8. The summed E-state index contributed by atoms with van der Waals surface area (Å²) in [7, 11) is 2.81. The lowest BCUT2D eigenvalue weighted by molar-refractivity contribution is 0.0938. The number of rotatable bonds is 12. The number of likely N-dealkylation sites (tertiary alicyclic amines) is 1. The van der Waals surface area contributed by atoms with E-state index in [1.54, 1.807) is 4.90 Å². The molecular weight excluding hydrogens is 730 g/mol. The lowest BCUT2D eigenvalue weighted by Crippen LogP contribution is -2.42. The zero-order valence-electron chi connectivity index (χ0n) is 31.4. The molecule has 0 unspecified atom stereocenters. The molecule has 4 heterocycles. The van der Waals surface area contributed by atoms with Crippen LogP contribution < -0.4 is 36.9 Å². The summed E-state index contributed by atoms with van der Waals surface area (Å²) >= 11 is 0. The van der Waals surface area contributed by atoms with Gasteiger partial charge in [-0.3, -0.25) is 9.59 Å². The van der Waals surface area contributed by atoms with Gasteiger partial charge >= 0.3 is 6.09 Å². The maximum absolute atomic E-state index is 13.6. The predicted molar refractivity (Wildman–Crippen MR) is 205 cm³/mol. The first-order valence-corrected chi connectivity index (χ1v) is 18.2. The molecule has 18 heteroatoms. The summed E-state index contributed by atoms with van der Waals surface area (Å²) in [5, 5.41) is 9.68. The topological polar surface area (TPSA) is 222 Å². The first-order chi connectivity index (χ1) is 27.0. The molecule has 2 aliphatic heterocycles. The Balaban J connectivity index is 0.000000219. The molecular formula is C38H46F2N10O6. The molecule has 0 aliphatic carbocycles. The Morgan fingerprint density at radius 2 is 1.23 bits per heavy atom. The Hall–Kier alpha value is -6.17.